The highest BCUT2D eigenvalue weighted by molar-refractivity contribution is 7.15. The number of likely N-dealkylation sites (N-methyl/N-ethyl adjacent to an activating group) is 1. The molecule has 206 valence electrons. The van der Waals surface area contributed by atoms with Crippen LogP contribution in [-0.4, -0.2) is 70.8 Å². The molecule has 0 bridgehead atoms. The molecule has 0 saturated heterocycles. The summed E-state index contributed by atoms with van der Waals surface area (Å²) in [7, 11) is 1.54. The molecule has 0 spiro atoms. The second-order valence-corrected chi connectivity index (χ2v) is 11.4. The minimum atomic E-state index is -0.602. The number of ether oxygens (including phenoxy) is 1. The van der Waals surface area contributed by atoms with E-state index in [0.29, 0.717) is 24.7 Å². The van der Waals surface area contributed by atoms with Gasteiger partial charge in [-0.1, -0.05) is 43.3 Å². The zero-order valence-corrected chi connectivity index (χ0v) is 24.3. The molecule has 0 atom stereocenters. The lowest BCUT2D eigenvalue weighted by Gasteiger charge is -2.24. The van der Waals surface area contributed by atoms with Crippen molar-refractivity contribution in [3.05, 3.63) is 46.3 Å². The Labute approximate surface area is 229 Å². The molecule has 0 radical (unpaired) electrons. The Kier molecular flexibility index (Phi) is 10.0. The number of thiophene rings is 1. The molecule has 3 rings (SSSR count). The van der Waals surface area contributed by atoms with Crippen LogP contribution in [0.5, 0.6) is 0 Å². The number of aryl methyl sites for hydroxylation is 1. The van der Waals surface area contributed by atoms with Gasteiger partial charge in [0, 0.05) is 30.6 Å². The molecule has 10 heteroatoms. The highest BCUT2D eigenvalue weighted by Crippen LogP contribution is 2.32. The third-order valence-electron chi connectivity index (χ3n) is 5.95. The van der Waals surface area contributed by atoms with Crippen molar-refractivity contribution in [3.63, 3.8) is 0 Å². The normalized spacial score (nSPS) is 11.6. The van der Waals surface area contributed by atoms with Crippen LogP contribution in [-0.2, 0) is 22.5 Å². The van der Waals surface area contributed by atoms with Crippen LogP contribution < -0.4 is 5.32 Å². The van der Waals surface area contributed by atoms with Gasteiger partial charge in [0.1, 0.15) is 12.1 Å². The number of hydrogen-bond donors (Lipinski definition) is 1. The third-order valence-corrected chi connectivity index (χ3v) is 7.16. The number of carbonyl (C=O) groups excluding carboxylic acids is 2. The summed E-state index contributed by atoms with van der Waals surface area (Å²) < 4.78 is 10.8. The first-order valence-electron chi connectivity index (χ1n) is 12.9. The summed E-state index contributed by atoms with van der Waals surface area (Å²) in [4.78, 5) is 34.8. The minimum Gasteiger partial charge on any atom is -0.444 e. The Morgan fingerprint density at radius 3 is 2.45 bits per heavy atom. The Balaban J connectivity index is 1.52. The molecule has 2 amide bonds. The molecule has 3 aromatic rings. The standard InChI is InChI=1S/C28H39N5O4S/c1-8-33(9-2)17-23-19(3)16-22(38-23)26-30-25(31-37-26)21-12-10-20(11-13-21)14-15-29-24(34)18-32(7)27(35)36-28(4,5)6/h10-13,16H,8-9,14-15,17-18H2,1-7H3,(H,29,34). The molecule has 0 unspecified atom stereocenters. The van der Waals surface area contributed by atoms with Crippen LogP contribution in [0.1, 0.15) is 50.6 Å². The zero-order chi connectivity index (χ0) is 27.9. The fraction of sp³-hybridized carbons (Fsp3) is 0.500. The van der Waals surface area contributed by atoms with Gasteiger partial charge >= 0.3 is 6.09 Å². The zero-order valence-electron chi connectivity index (χ0n) is 23.5. The van der Waals surface area contributed by atoms with Crippen LogP contribution in [0.2, 0.25) is 0 Å². The van der Waals surface area contributed by atoms with E-state index in [1.807, 2.05) is 24.3 Å². The second kappa shape index (κ2) is 13.0. The molecule has 0 aliphatic carbocycles. The number of amides is 2. The first-order valence-corrected chi connectivity index (χ1v) is 13.8. The lowest BCUT2D eigenvalue weighted by molar-refractivity contribution is -0.121. The third kappa shape index (κ3) is 8.39. The van der Waals surface area contributed by atoms with E-state index in [-0.39, 0.29) is 12.5 Å². The maximum Gasteiger partial charge on any atom is 0.410 e. The van der Waals surface area contributed by atoms with Crippen molar-refractivity contribution in [1.29, 1.82) is 0 Å². The summed E-state index contributed by atoms with van der Waals surface area (Å²) in [6, 6.07) is 9.99. The van der Waals surface area contributed by atoms with Crippen molar-refractivity contribution in [1.82, 2.24) is 25.3 Å². The van der Waals surface area contributed by atoms with E-state index in [1.165, 1.54) is 15.3 Å². The van der Waals surface area contributed by atoms with Gasteiger partial charge in [-0.15, -0.1) is 11.3 Å². The van der Waals surface area contributed by atoms with Gasteiger partial charge in [0.25, 0.3) is 5.89 Å². The van der Waals surface area contributed by atoms with Crippen LogP contribution in [0.4, 0.5) is 4.79 Å². The molecule has 0 aliphatic rings. The van der Waals surface area contributed by atoms with Gasteiger partial charge in [0.05, 0.1) is 4.88 Å². The first kappa shape index (κ1) is 29.3. The van der Waals surface area contributed by atoms with E-state index in [1.54, 1.807) is 39.2 Å². The molecule has 1 N–H and O–H groups in total. The monoisotopic (exact) mass is 541 g/mol. The molecular formula is C28H39N5O4S. The molecule has 38 heavy (non-hydrogen) atoms. The fourth-order valence-corrected chi connectivity index (χ4v) is 4.85. The number of nitrogens with one attached hydrogen (secondary N) is 1. The number of hydrogen-bond acceptors (Lipinski definition) is 8. The molecule has 0 aliphatic heterocycles. The van der Waals surface area contributed by atoms with Gasteiger partial charge in [-0.2, -0.15) is 4.98 Å². The van der Waals surface area contributed by atoms with E-state index in [9.17, 15) is 9.59 Å². The fourth-order valence-electron chi connectivity index (χ4n) is 3.72. The number of rotatable bonds is 11. The van der Waals surface area contributed by atoms with Crippen molar-refractivity contribution in [2.45, 2.75) is 60.1 Å². The van der Waals surface area contributed by atoms with Crippen LogP contribution in [0.3, 0.4) is 0 Å². The second-order valence-electron chi connectivity index (χ2n) is 10.2. The van der Waals surface area contributed by atoms with Gasteiger partial charge in [-0.05, 0) is 64.4 Å². The average molecular weight is 542 g/mol. The molecule has 1 aromatic carbocycles. The summed E-state index contributed by atoms with van der Waals surface area (Å²) in [5.74, 6) is 0.835. The number of benzene rings is 1. The maximum atomic E-state index is 12.2. The number of carbonyl (C=O) groups is 2. The van der Waals surface area contributed by atoms with Crippen molar-refractivity contribution < 1.29 is 18.8 Å². The Morgan fingerprint density at radius 1 is 1.13 bits per heavy atom. The van der Waals surface area contributed by atoms with Gasteiger partial charge in [-0.3, -0.25) is 9.69 Å². The first-order chi connectivity index (χ1) is 18.0. The van der Waals surface area contributed by atoms with Crippen molar-refractivity contribution >= 4 is 23.3 Å². The number of aromatic nitrogens is 2. The smallest absolute Gasteiger partial charge is 0.410 e. The van der Waals surface area contributed by atoms with Crippen molar-refractivity contribution in [3.8, 4) is 22.2 Å². The quantitative estimate of drug-likeness (QED) is 0.359. The van der Waals surface area contributed by atoms with Gasteiger partial charge in [-0.25, -0.2) is 4.79 Å². The predicted octanol–water partition coefficient (Wildman–Crippen LogP) is 5.14. The predicted molar refractivity (Wildman–Crippen MR) is 150 cm³/mol. The van der Waals surface area contributed by atoms with Gasteiger partial charge in [0.15, 0.2) is 0 Å². The Hall–Kier alpha value is -3.24. The van der Waals surface area contributed by atoms with Gasteiger partial charge in [0.2, 0.25) is 11.7 Å². The van der Waals surface area contributed by atoms with E-state index >= 15 is 0 Å². The number of nitrogens with zero attached hydrogens (tertiary/aromatic N) is 4. The van der Waals surface area contributed by atoms with Crippen LogP contribution in [0, 0.1) is 6.92 Å². The molecular weight excluding hydrogens is 502 g/mol. The van der Waals surface area contributed by atoms with E-state index in [0.717, 1.165) is 35.6 Å². The van der Waals surface area contributed by atoms with E-state index in [4.69, 9.17) is 9.26 Å². The lowest BCUT2D eigenvalue weighted by atomic mass is 10.1. The summed E-state index contributed by atoms with van der Waals surface area (Å²) in [5, 5.41) is 7.03. The van der Waals surface area contributed by atoms with Crippen molar-refractivity contribution in [2.24, 2.45) is 0 Å². The maximum absolute atomic E-state index is 12.2. The van der Waals surface area contributed by atoms with Crippen molar-refractivity contribution in [2.75, 3.05) is 33.2 Å². The Bertz CT molecular complexity index is 1210. The molecule has 9 nitrogen and oxygen atoms in total. The van der Waals surface area contributed by atoms with Crippen LogP contribution in [0.15, 0.2) is 34.9 Å². The molecule has 2 aromatic heterocycles. The topological polar surface area (TPSA) is 101 Å². The van der Waals surface area contributed by atoms with Crippen LogP contribution >= 0.6 is 11.3 Å². The Morgan fingerprint density at radius 2 is 1.82 bits per heavy atom. The van der Waals surface area contributed by atoms with E-state index < -0.39 is 11.7 Å². The SMILES string of the molecule is CCN(CC)Cc1sc(-c2nc(-c3ccc(CCNC(=O)CN(C)C(=O)OC(C)(C)C)cc3)no2)cc1C. The summed E-state index contributed by atoms with van der Waals surface area (Å²) in [6.07, 6.45) is 0.130. The molecule has 0 saturated carbocycles. The highest BCUT2D eigenvalue weighted by atomic mass is 32.1. The van der Waals surface area contributed by atoms with Crippen LogP contribution in [0.25, 0.3) is 22.2 Å². The average Bonchev–Trinajstić information content (AvgIpc) is 3.49. The molecule has 0 fully saturated rings. The summed E-state index contributed by atoms with van der Waals surface area (Å²) in [5.41, 5.74) is 2.57. The summed E-state index contributed by atoms with van der Waals surface area (Å²) >= 11 is 1.70. The largest absolute Gasteiger partial charge is 0.444 e. The highest BCUT2D eigenvalue weighted by Gasteiger charge is 2.21. The van der Waals surface area contributed by atoms with E-state index in [2.05, 4.69) is 47.2 Å². The minimum absolute atomic E-state index is 0.0608. The summed E-state index contributed by atoms with van der Waals surface area (Å²) in [6.45, 7) is 15.2. The lowest BCUT2D eigenvalue weighted by Crippen LogP contribution is -2.41. The molecule has 2 heterocycles. The van der Waals surface area contributed by atoms with Gasteiger partial charge < -0.3 is 19.5 Å².